The van der Waals surface area contributed by atoms with Gasteiger partial charge < -0.3 is 19.9 Å². The molecule has 4 rings (SSSR count). The molecule has 0 bridgehead atoms. The fraction of sp³-hybridized carbons (Fsp3) is 0.385. The van der Waals surface area contributed by atoms with E-state index in [9.17, 15) is 14.9 Å². The Morgan fingerprint density at radius 1 is 1.27 bits per heavy atom. The maximum absolute atomic E-state index is 13.0. The second-order valence-electron chi connectivity index (χ2n) is 8.68. The molecule has 0 spiro atoms. The number of hydrogen-bond donors (Lipinski definition) is 2. The van der Waals surface area contributed by atoms with Crippen LogP contribution in [0.2, 0.25) is 0 Å². The fourth-order valence-electron chi connectivity index (χ4n) is 4.47. The minimum atomic E-state index is -0.676. The van der Waals surface area contributed by atoms with E-state index in [1.54, 1.807) is 13.1 Å². The first-order valence-electron chi connectivity index (χ1n) is 12.0. The molecule has 0 atom stereocenters. The van der Waals surface area contributed by atoms with Crippen LogP contribution >= 0.6 is 11.3 Å². The van der Waals surface area contributed by atoms with Crippen LogP contribution in [0.1, 0.15) is 18.2 Å². The van der Waals surface area contributed by atoms with Gasteiger partial charge in [0.2, 0.25) is 0 Å². The van der Waals surface area contributed by atoms with Crippen LogP contribution in [0.4, 0.5) is 5.69 Å². The predicted molar refractivity (Wildman–Crippen MR) is 143 cm³/mol. The molecule has 1 saturated heterocycles. The van der Waals surface area contributed by atoms with E-state index in [0.29, 0.717) is 11.1 Å². The van der Waals surface area contributed by atoms with Crippen molar-refractivity contribution >= 4 is 45.6 Å². The molecular formula is C26H29N7O3S. The molecule has 1 aliphatic rings. The number of aromatic nitrogens is 2. The third kappa shape index (κ3) is 5.30. The SMILES string of the molecule is CCn1c(=O)/c(=C/Nc2ccc3c(c2)c(CN2CCOCC2)c(C)n3C)s/c1=C(\C#N)C(=O)NCC#N. The number of carbonyl (C=O) groups is 1. The first-order valence-corrected chi connectivity index (χ1v) is 12.8. The van der Waals surface area contributed by atoms with E-state index in [1.165, 1.54) is 15.8 Å². The molecular weight excluding hydrogens is 490 g/mol. The second kappa shape index (κ2) is 11.4. The smallest absolute Gasteiger partial charge is 0.270 e. The van der Waals surface area contributed by atoms with Gasteiger partial charge in [-0.05, 0) is 37.6 Å². The number of anilines is 1. The number of rotatable bonds is 7. The van der Waals surface area contributed by atoms with Crippen LogP contribution in [-0.2, 0) is 29.7 Å². The van der Waals surface area contributed by atoms with Crippen LogP contribution in [-0.4, -0.2) is 52.8 Å². The lowest BCUT2D eigenvalue weighted by Crippen LogP contribution is -2.35. The fourth-order valence-corrected chi connectivity index (χ4v) is 5.55. The molecule has 2 N–H and O–H groups in total. The Balaban J connectivity index is 1.71. The van der Waals surface area contributed by atoms with Crippen molar-refractivity contribution < 1.29 is 9.53 Å². The number of morpholine rings is 1. The largest absolute Gasteiger partial charge is 0.379 e. The van der Waals surface area contributed by atoms with Crippen molar-refractivity contribution in [2.45, 2.75) is 26.9 Å². The monoisotopic (exact) mass is 519 g/mol. The van der Waals surface area contributed by atoms with Gasteiger partial charge in [0, 0.05) is 61.7 Å². The predicted octanol–water partition coefficient (Wildman–Crippen LogP) is 0.726. The molecule has 0 aliphatic carbocycles. The number of nitrogens with one attached hydrogen (secondary N) is 2. The maximum atomic E-state index is 13.0. The van der Waals surface area contributed by atoms with Crippen LogP contribution in [0.15, 0.2) is 23.0 Å². The number of benzene rings is 1. The number of aryl methyl sites for hydroxylation is 1. The summed E-state index contributed by atoms with van der Waals surface area (Å²) in [6.07, 6.45) is 1.61. The molecule has 10 nitrogen and oxygen atoms in total. The lowest BCUT2D eigenvalue weighted by Gasteiger charge is -2.26. The summed E-state index contributed by atoms with van der Waals surface area (Å²) in [5.41, 5.74) is 3.97. The number of nitrogens with zero attached hydrogens (tertiary/aromatic N) is 5. The highest BCUT2D eigenvalue weighted by Gasteiger charge is 2.18. The number of amides is 1. The summed E-state index contributed by atoms with van der Waals surface area (Å²) in [4.78, 5) is 27.8. The standard InChI is InChI=1S/C26H29N7O3S/c1-4-33-25(35)23(37-26(33)20(14-28)24(34)29-8-7-27)15-30-18-5-6-22-19(13-18)21(17(2)31(22)3)16-32-9-11-36-12-10-32/h5-6,13,15,30H,4,8-12,16H2,1-3H3,(H,29,34)/b23-15-,26-20+. The lowest BCUT2D eigenvalue weighted by atomic mass is 10.1. The van der Waals surface area contributed by atoms with Gasteiger partial charge in [0.05, 0.1) is 19.3 Å². The zero-order valence-electron chi connectivity index (χ0n) is 21.1. The zero-order valence-corrected chi connectivity index (χ0v) is 21.9. The number of nitriles is 2. The molecule has 0 radical (unpaired) electrons. The molecule has 1 aromatic carbocycles. The van der Waals surface area contributed by atoms with Gasteiger partial charge in [0.25, 0.3) is 11.5 Å². The van der Waals surface area contributed by atoms with Crippen molar-refractivity contribution in [1.82, 2.24) is 19.4 Å². The average Bonchev–Trinajstić information content (AvgIpc) is 3.35. The van der Waals surface area contributed by atoms with Crippen LogP contribution < -0.4 is 25.4 Å². The molecule has 1 aliphatic heterocycles. The molecule has 3 aromatic rings. The van der Waals surface area contributed by atoms with E-state index in [-0.39, 0.29) is 22.3 Å². The van der Waals surface area contributed by atoms with Gasteiger partial charge in [-0.2, -0.15) is 10.5 Å². The van der Waals surface area contributed by atoms with Crippen molar-refractivity contribution in [1.29, 1.82) is 10.5 Å². The van der Waals surface area contributed by atoms with Crippen LogP contribution in [0.25, 0.3) is 22.7 Å². The Morgan fingerprint density at radius 2 is 2.03 bits per heavy atom. The Bertz CT molecular complexity index is 1590. The van der Waals surface area contributed by atoms with Crippen molar-refractivity contribution in [2.24, 2.45) is 7.05 Å². The average molecular weight is 520 g/mol. The van der Waals surface area contributed by atoms with Gasteiger partial charge in [-0.15, -0.1) is 11.3 Å². The minimum Gasteiger partial charge on any atom is -0.379 e. The Hall–Kier alpha value is -3.90. The summed E-state index contributed by atoms with van der Waals surface area (Å²) in [6.45, 7) is 8.13. The normalized spacial score (nSPS) is 15.3. The summed E-state index contributed by atoms with van der Waals surface area (Å²) < 4.78 is 9.72. The van der Waals surface area contributed by atoms with Gasteiger partial charge in [-0.25, -0.2) is 0 Å². The van der Waals surface area contributed by atoms with Gasteiger partial charge in [-0.3, -0.25) is 19.1 Å². The van der Waals surface area contributed by atoms with Crippen molar-refractivity contribution in [3.05, 3.63) is 49.0 Å². The number of thiazole rings is 1. The molecule has 2 aromatic heterocycles. The molecule has 3 heterocycles. The molecule has 0 unspecified atom stereocenters. The van der Waals surface area contributed by atoms with Crippen LogP contribution in [0.5, 0.6) is 0 Å². The molecule has 37 heavy (non-hydrogen) atoms. The van der Waals surface area contributed by atoms with Crippen LogP contribution in [0.3, 0.4) is 0 Å². The topological polar surface area (TPSA) is 128 Å². The second-order valence-corrected chi connectivity index (χ2v) is 9.71. The van der Waals surface area contributed by atoms with E-state index in [2.05, 4.69) is 46.2 Å². The van der Waals surface area contributed by atoms with E-state index < -0.39 is 5.91 Å². The molecule has 1 amide bonds. The summed E-state index contributed by atoms with van der Waals surface area (Å²) in [6, 6.07) is 9.81. The Labute approximate surface area is 218 Å². The third-order valence-corrected chi connectivity index (χ3v) is 7.71. The van der Waals surface area contributed by atoms with E-state index in [1.807, 2.05) is 18.2 Å². The number of carbonyl (C=O) groups excluding carboxylic acids is 1. The highest BCUT2D eigenvalue weighted by molar-refractivity contribution is 7.07. The summed E-state index contributed by atoms with van der Waals surface area (Å²) >= 11 is 1.07. The first-order chi connectivity index (χ1) is 17.9. The Kier molecular flexibility index (Phi) is 8.09. The maximum Gasteiger partial charge on any atom is 0.270 e. The molecule has 1 fully saturated rings. The van der Waals surface area contributed by atoms with Gasteiger partial charge in [-0.1, -0.05) is 0 Å². The molecule has 192 valence electrons. The Morgan fingerprint density at radius 3 is 2.70 bits per heavy atom. The highest BCUT2D eigenvalue weighted by Crippen LogP contribution is 2.29. The van der Waals surface area contributed by atoms with E-state index in [4.69, 9.17) is 10.00 Å². The van der Waals surface area contributed by atoms with Crippen molar-refractivity contribution in [3.63, 3.8) is 0 Å². The number of ether oxygens (including phenoxy) is 1. The highest BCUT2D eigenvalue weighted by atomic mass is 32.1. The van der Waals surface area contributed by atoms with E-state index in [0.717, 1.165) is 60.8 Å². The van der Waals surface area contributed by atoms with Gasteiger partial charge in [0.1, 0.15) is 21.8 Å². The van der Waals surface area contributed by atoms with Crippen molar-refractivity contribution in [3.8, 4) is 12.1 Å². The summed E-state index contributed by atoms with van der Waals surface area (Å²) in [5.74, 6) is -0.676. The number of fused-ring (bicyclic) bond motifs is 1. The zero-order chi connectivity index (χ0) is 26.5. The molecule has 0 saturated carbocycles. The minimum absolute atomic E-state index is 0.187. The van der Waals surface area contributed by atoms with Gasteiger partial charge in [0.15, 0.2) is 5.57 Å². The number of hydrogen-bond acceptors (Lipinski definition) is 8. The first kappa shape index (κ1) is 26.2. The van der Waals surface area contributed by atoms with E-state index >= 15 is 0 Å². The van der Waals surface area contributed by atoms with Gasteiger partial charge >= 0.3 is 0 Å². The lowest BCUT2D eigenvalue weighted by molar-refractivity contribution is -0.115. The summed E-state index contributed by atoms with van der Waals surface area (Å²) in [5, 5.41) is 25.0. The van der Waals surface area contributed by atoms with Crippen molar-refractivity contribution in [2.75, 3.05) is 38.2 Å². The molecule has 11 heteroatoms. The van der Waals surface area contributed by atoms with Crippen LogP contribution in [0, 0.1) is 29.6 Å². The quantitative estimate of drug-likeness (QED) is 0.441. The summed E-state index contributed by atoms with van der Waals surface area (Å²) in [7, 11) is 2.07. The third-order valence-electron chi connectivity index (χ3n) is 6.58.